The first-order valence-corrected chi connectivity index (χ1v) is 10.9. The number of hydrogen-bond acceptors (Lipinski definition) is 5. The minimum absolute atomic E-state index is 0.164. The lowest BCUT2D eigenvalue weighted by Crippen LogP contribution is -2.47. The van der Waals surface area contributed by atoms with Crippen molar-refractivity contribution in [3.05, 3.63) is 63.4 Å². The van der Waals surface area contributed by atoms with Crippen LogP contribution in [0.1, 0.15) is 29.7 Å². The van der Waals surface area contributed by atoms with Crippen LogP contribution in [0.5, 0.6) is 17.2 Å². The summed E-state index contributed by atoms with van der Waals surface area (Å²) in [5.74, 6) is 1.98. The molecule has 4 rings (SSSR count). The number of methoxy groups -OCH3 is 3. The highest BCUT2D eigenvalue weighted by Crippen LogP contribution is 2.40. The Morgan fingerprint density at radius 1 is 1.09 bits per heavy atom. The zero-order chi connectivity index (χ0) is 22.8. The summed E-state index contributed by atoms with van der Waals surface area (Å²) >= 11 is 5.69. The van der Waals surface area contributed by atoms with Gasteiger partial charge in [-0.1, -0.05) is 0 Å². The number of thiocarbonyl (C=S) groups is 1. The van der Waals surface area contributed by atoms with E-state index in [9.17, 15) is 4.79 Å². The van der Waals surface area contributed by atoms with E-state index >= 15 is 0 Å². The van der Waals surface area contributed by atoms with E-state index in [1.165, 1.54) is 0 Å². The van der Waals surface area contributed by atoms with Crippen molar-refractivity contribution < 1.29 is 14.2 Å². The Balaban J connectivity index is 1.93. The Labute approximate surface area is 192 Å². The van der Waals surface area contributed by atoms with E-state index < -0.39 is 0 Å². The van der Waals surface area contributed by atoms with Crippen LogP contribution in [0.2, 0.25) is 0 Å². The molecule has 0 radical (unpaired) electrons. The van der Waals surface area contributed by atoms with E-state index in [1.54, 1.807) is 21.3 Å². The van der Waals surface area contributed by atoms with Gasteiger partial charge >= 0.3 is 0 Å². The standard InChI is InChI=1S/C24H27N3O4S/c1-5-25-24(32)27-9-8-14-11-20(30-3)21(31-4)13-17(14)22(27)18-10-15-6-7-16(29-2)12-19(15)26-23(18)28/h6-7,10-13,22H,5,8-9H2,1-4H3,(H,25,32)(H,26,28). The molecule has 2 heterocycles. The van der Waals surface area contributed by atoms with Crippen molar-refractivity contribution in [2.24, 2.45) is 0 Å². The molecule has 7 nitrogen and oxygen atoms in total. The molecule has 0 aliphatic carbocycles. The number of hydrogen-bond donors (Lipinski definition) is 2. The van der Waals surface area contributed by atoms with Gasteiger partial charge in [-0.25, -0.2) is 0 Å². The van der Waals surface area contributed by atoms with Gasteiger partial charge in [-0.05, 0) is 72.4 Å². The first-order chi connectivity index (χ1) is 15.5. The van der Waals surface area contributed by atoms with Crippen molar-refractivity contribution in [2.75, 3.05) is 34.4 Å². The van der Waals surface area contributed by atoms with Gasteiger partial charge in [0, 0.05) is 24.7 Å². The molecule has 3 aromatic rings. The lowest BCUT2D eigenvalue weighted by Gasteiger charge is -2.39. The van der Waals surface area contributed by atoms with E-state index in [1.807, 2.05) is 43.3 Å². The number of ether oxygens (including phenoxy) is 3. The zero-order valence-electron chi connectivity index (χ0n) is 18.7. The number of aromatic amines is 1. The summed E-state index contributed by atoms with van der Waals surface area (Å²) in [4.78, 5) is 18.4. The fourth-order valence-corrected chi connectivity index (χ4v) is 4.62. The van der Waals surface area contributed by atoms with Crippen LogP contribution in [0.4, 0.5) is 0 Å². The van der Waals surface area contributed by atoms with Gasteiger partial charge in [-0.3, -0.25) is 4.79 Å². The maximum atomic E-state index is 13.3. The summed E-state index contributed by atoms with van der Waals surface area (Å²) < 4.78 is 16.4. The number of nitrogens with zero attached hydrogens (tertiary/aromatic N) is 1. The van der Waals surface area contributed by atoms with Gasteiger partial charge in [-0.15, -0.1) is 0 Å². The summed E-state index contributed by atoms with van der Waals surface area (Å²) in [6, 6.07) is 11.2. The second-order valence-electron chi connectivity index (χ2n) is 7.59. The first-order valence-electron chi connectivity index (χ1n) is 10.5. The number of benzene rings is 2. The smallest absolute Gasteiger partial charge is 0.254 e. The largest absolute Gasteiger partial charge is 0.497 e. The average molecular weight is 454 g/mol. The Bertz CT molecular complexity index is 1220. The third-order valence-electron chi connectivity index (χ3n) is 5.84. The van der Waals surface area contributed by atoms with Gasteiger partial charge in [0.05, 0.1) is 32.9 Å². The van der Waals surface area contributed by atoms with Gasteiger partial charge in [0.2, 0.25) is 0 Å². The molecule has 1 aliphatic heterocycles. The van der Waals surface area contributed by atoms with Crippen molar-refractivity contribution in [1.29, 1.82) is 0 Å². The molecule has 0 amide bonds. The molecule has 1 aromatic heterocycles. The number of nitrogens with one attached hydrogen (secondary N) is 2. The molecule has 168 valence electrons. The normalized spacial score (nSPS) is 15.2. The highest BCUT2D eigenvalue weighted by Gasteiger charge is 2.33. The second kappa shape index (κ2) is 9.08. The maximum Gasteiger partial charge on any atom is 0.254 e. The van der Waals surface area contributed by atoms with Crippen molar-refractivity contribution in [1.82, 2.24) is 15.2 Å². The molecule has 1 unspecified atom stereocenters. The van der Waals surface area contributed by atoms with Crippen molar-refractivity contribution in [3.8, 4) is 17.2 Å². The number of rotatable bonds is 5. The molecule has 0 bridgehead atoms. The van der Waals surface area contributed by atoms with Crippen molar-refractivity contribution >= 4 is 28.2 Å². The molecule has 0 fully saturated rings. The quantitative estimate of drug-likeness (QED) is 0.574. The van der Waals surface area contributed by atoms with Gasteiger partial charge in [-0.2, -0.15) is 0 Å². The third-order valence-corrected chi connectivity index (χ3v) is 6.22. The maximum absolute atomic E-state index is 13.3. The summed E-state index contributed by atoms with van der Waals surface area (Å²) in [6.07, 6.45) is 0.778. The van der Waals surface area contributed by atoms with E-state index in [-0.39, 0.29) is 11.6 Å². The third kappa shape index (κ3) is 3.86. The van der Waals surface area contributed by atoms with Crippen LogP contribution < -0.4 is 25.1 Å². The Morgan fingerprint density at radius 3 is 2.53 bits per heavy atom. The number of aromatic nitrogens is 1. The van der Waals surface area contributed by atoms with Gasteiger partial charge in [0.1, 0.15) is 5.75 Å². The fourth-order valence-electron chi connectivity index (χ4n) is 4.28. The molecule has 2 N–H and O–H groups in total. The Hall–Kier alpha value is -3.26. The van der Waals surface area contributed by atoms with Gasteiger partial charge in [0.25, 0.3) is 5.56 Å². The van der Waals surface area contributed by atoms with Crippen LogP contribution in [0, 0.1) is 0 Å². The fraction of sp³-hybridized carbons (Fsp3) is 0.333. The highest BCUT2D eigenvalue weighted by molar-refractivity contribution is 7.80. The summed E-state index contributed by atoms with van der Waals surface area (Å²) in [6.45, 7) is 3.39. The Morgan fingerprint density at radius 2 is 1.84 bits per heavy atom. The molecule has 0 saturated heterocycles. The molecule has 8 heteroatoms. The SMILES string of the molecule is CCNC(=S)N1CCc2cc(OC)c(OC)cc2C1c1cc2ccc(OC)cc2[nH]c1=O. The predicted molar refractivity (Wildman–Crippen MR) is 129 cm³/mol. The molecule has 1 atom stereocenters. The van der Waals surface area contributed by atoms with E-state index in [2.05, 4.69) is 15.2 Å². The molecule has 0 spiro atoms. The minimum Gasteiger partial charge on any atom is -0.497 e. The van der Waals surface area contributed by atoms with E-state index in [4.69, 9.17) is 26.4 Å². The lowest BCUT2D eigenvalue weighted by atomic mass is 9.88. The van der Waals surface area contributed by atoms with Crippen LogP contribution in [0.3, 0.4) is 0 Å². The van der Waals surface area contributed by atoms with Gasteiger partial charge < -0.3 is 29.4 Å². The van der Waals surface area contributed by atoms with Gasteiger partial charge in [0.15, 0.2) is 16.6 Å². The molecule has 2 aromatic carbocycles. The monoisotopic (exact) mass is 453 g/mol. The van der Waals surface area contributed by atoms with Crippen LogP contribution in [0.25, 0.3) is 10.9 Å². The molecular formula is C24H27N3O4S. The van der Waals surface area contributed by atoms with Crippen molar-refractivity contribution in [2.45, 2.75) is 19.4 Å². The number of pyridine rings is 1. The zero-order valence-corrected chi connectivity index (χ0v) is 19.5. The van der Waals surface area contributed by atoms with Crippen LogP contribution in [0.15, 0.2) is 41.2 Å². The average Bonchev–Trinajstić information content (AvgIpc) is 2.81. The highest BCUT2D eigenvalue weighted by atomic mass is 32.1. The van der Waals surface area contributed by atoms with Crippen LogP contribution in [-0.4, -0.2) is 49.4 Å². The molecule has 32 heavy (non-hydrogen) atoms. The molecule has 0 saturated carbocycles. The van der Waals surface area contributed by atoms with Crippen molar-refractivity contribution in [3.63, 3.8) is 0 Å². The second-order valence-corrected chi connectivity index (χ2v) is 7.98. The number of fused-ring (bicyclic) bond motifs is 2. The molecule has 1 aliphatic rings. The summed E-state index contributed by atoms with van der Waals surface area (Å²) in [5, 5.41) is 4.78. The predicted octanol–water partition coefficient (Wildman–Crippen LogP) is 3.40. The Kier molecular flexibility index (Phi) is 6.23. The summed E-state index contributed by atoms with van der Waals surface area (Å²) in [5.41, 5.74) is 3.27. The molecular weight excluding hydrogens is 426 g/mol. The first kappa shape index (κ1) is 22.0. The summed E-state index contributed by atoms with van der Waals surface area (Å²) in [7, 11) is 4.84. The lowest BCUT2D eigenvalue weighted by molar-refractivity contribution is 0.323. The topological polar surface area (TPSA) is 75.8 Å². The van der Waals surface area contributed by atoms with E-state index in [0.29, 0.717) is 41.0 Å². The van der Waals surface area contributed by atoms with Crippen LogP contribution >= 0.6 is 12.2 Å². The number of H-pyrrole nitrogens is 1. The van der Waals surface area contributed by atoms with E-state index in [0.717, 1.165) is 28.5 Å². The van der Waals surface area contributed by atoms with Crippen LogP contribution in [-0.2, 0) is 6.42 Å². The minimum atomic E-state index is -0.361.